The summed E-state index contributed by atoms with van der Waals surface area (Å²) in [6, 6.07) is 1.81. The van der Waals surface area contributed by atoms with E-state index in [0.717, 1.165) is 24.9 Å². The summed E-state index contributed by atoms with van der Waals surface area (Å²) < 4.78 is 10.4. The van der Waals surface area contributed by atoms with E-state index in [9.17, 15) is 9.59 Å². The molecule has 0 spiro atoms. The monoisotopic (exact) mass is 377 g/mol. The van der Waals surface area contributed by atoms with E-state index in [4.69, 9.17) is 9.26 Å². The van der Waals surface area contributed by atoms with Crippen LogP contribution in [0.4, 0.5) is 0 Å². The van der Waals surface area contributed by atoms with Gasteiger partial charge in [0.1, 0.15) is 0 Å². The number of Topliss-reactive ketones (excluding diaryl/α,β-unsaturated/α-hetero) is 1. The van der Waals surface area contributed by atoms with Crippen LogP contribution in [0.1, 0.15) is 52.6 Å². The topological polar surface area (TPSA) is 85.5 Å². The Hall–Kier alpha value is -2.06. The lowest BCUT2D eigenvalue weighted by molar-refractivity contribution is -0.131. The van der Waals surface area contributed by atoms with Gasteiger partial charge in [-0.3, -0.25) is 9.59 Å². The zero-order valence-electron chi connectivity index (χ0n) is 15.1. The van der Waals surface area contributed by atoms with Gasteiger partial charge in [0.05, 0.1) is 23.8 Å². The van der Waals surface area contributed by atoms with Gasteiger partial charge >= 0.3 is 0 Å². The molecule has 1 aliphatic heterocycles. The van der Waals surface area contributed by atoms with E-state index in [1.54, 1.807) is 7.11 Å². The summed E-state index contributed by atoms with van der Waals surface area (Å²) in [5.41, 5.74) is 0.895. The summed E-state index contributed by atoms with van der Waals surface area (Å²) in [6.45, 7) is 3.42. The van der Waals surface area contributed by atoms with Crippen LogP contribution in [0.3, 0.4) is 0 Å². The van der Waals surface area contributed by atoms with E-state index in [0.29, 0.717) is 42.6 Å². The molecule has 0 aromatic carbocycles. The van der Waals surface area contributed by atoms with Crippen molar-refractivity contribution in [1.29, 1.82) is 0 Å². The van der Waals surface area contributed by atoms with Crippen molar-refractivity contribution in [2.24, 2.45) is 0 Å². The van der Waals surface area contributed by atoms with Gasteiger partial charge in [-0.05, 0) is 36.8 Å². The van der Waals surface area contributed by atoms with E-state index in [2.05, 4.69) is 10.1 Å². The number of methoxy groups -OCH3 is 1. The van der Waals surface area contributed by atoms with Gasteiger partial charge in [0.25, 0.3) is 0 Å². The highest BCUT2D eigenvalue weighted by Gasteiger charge is 2.28. The average molecular weight is 377 g/mol. The fourth-order valence-electron chi connectivity index (χ4n) is 3.07. The predicted octanol–water partition coefficient (Wildman–Crippen LogP) is 2.47. The maximum Gasteiger partial charge on any atom is 0.231 e. The number of rotatable bonds is 7. The van der Waals surface area contributed by atoms with Gasteiger partial charge in [0, 0.05) is 26.6 Å². The number of carbonyl (C=O) groups is 2. The summed E-state index contributed by atoms with van der Waals surface area (Å²) in [6.07, 6.45) is 2.78. The lowest BCUT2D eigenvalue weighted by atomic mass is 9.97. The molecule has 1 saturated heterocycles. The van der Waals surface area contributed by atoms with E-state index in [1.807, 2.05) is 16.3 Å². The molecule has 26 heavy (non-hydrogen) atoms. The van der Waals surface area contributed by atoms with Crippen molar-refractivity contribution in [3.05, 3.63) is 33.6 Å². The number of hydrogen-bond donors (Lipinski definition) is 0. The summed E-state index contributed by atoms with van der Waals surface area (Å²) in [4.78, 5) is 31.0. The number of thiophene rings is 1. The second-order valence-corrected chi connectivity index (χ2v) is 7.43. The van der Waals surface area contributed by atoms with Gasteiger partial charge < -0.3 is 14.2 Å². The number of hydrogen-bond acceptors (Lipinski definition) is 7. The minimum atomic E-state index is 0.0346. The third kappa shape index (κ3) is 4.56. The van der Waals surface area contributed by atoms with Crippen molar-refractivity contribution >= 4 is 23.0 Å². The summed E-state index contributed by atoms with van der Waals surface area (Å²) >= 11 is 1.39. The Morgan fingerprint density at radius 2 is 2.31 bits per heavy atom. The highest BCUT2D eigenvalue weighted by molar-refractivity contribution is 7.12. The number of ether oxygens (including phenoxy) is 1. The normalized spacial score (nSPS) is 17.5. The number of likely N-dealkylation sites (tertiary alicyclic amines) is 1. The molecule has 0 saturated carbocycles. The first-order valence-electron chi connectivity index (χ1n) is 8.74. The van der Waals surface area contributed by atoms with E-state index in [1.165, 1.54) is 18.3 Å². The quantitative estimate of drug-likeness (QED) is 0.689. The molecule has 1 atom stereocenters. The van der Waals surface area contributed by atoms with Crippen LogP contribution in [0.25, 0.3) is 0 Å². The van der Waals surface area contributed by atoms with Crippen LogP contribution in [-0.2, 0) is 22.4 Å². The summed E-state index contributed by atoms with van der Waals surface area (Å²) in [5, 5.41) is 5.87. The molecule has 0 N–H and O–H groups in total. The van der Waals surface area contributed by atoms with Gasteiger partial charge in [-0.25, -0.2) is 0 Å². The van der Waals surface area contributed by atoms with Crippen molar-refractivity contribution in [2.75, 3.05) is 26.8 Å². The lowest BCUT2D eigenvalue weighted by Gasteiger charge is -2.31. The number of nitrogens with zero attached hydrogens (tertiary/aromatic N) is 3. The van der Waals surface area contributed by atoms with Gasteiger partial charge in [0.15, 0.2) is 11.6 Å². The zero-order chi connectivity index (χ0) is 18.5. The molecule has 1 fully saturated rings. The molecule has 7 nitrogen and oxygen atoms in total. The predicted molar refractivity (Wildman–Crippen MR) is 96.5 cm³/mol. The number of amides is 1. The molecule has 2 aromatic rings. The van der Waals surface area contributed by atoms with Crippen molar-refractivity contribution in [3.63, 3.8) is 0 Å². The molecule has 140 valence electrons. The first-order valence-corrected chi connectivity index (χ1v) is 9.62. The third-order valence-electron chi connectivity index (χ3n) is 4.49. The van der Waals surface area contributed by atoms with Crippen molar-refractivity contribution in [3.8, 4) is 0 Å². The van der Waals surface area contributed by atoms with Crippen LogP contribution in [0.15, 0.2) is 16.0 Å². The Balaban J connectivity index is 1.59. The van der Waals surface area contributed by atoms with Gasteiger partial charge in [-0.1, -0.05) is 5.16 Å². The molecule has 1 unspecified atom stereocenters. The maximum atomic E-state index is 12.6. The Labute approximate surface area is 156 Å². The highest BCUT2D eigenvalue weighted by atomic mass is 32.1. The van der Waals surface area contributed by atoms with Gasteiger partial charge in [-0.2, -0.15) is 4.98 Å². The first-order chi connectivity index (χ1) is 12.6. The van der Waals surface area contributed by atoms with Gasteiger partial charge in [0.2, 0.25) is 11.8 Å². The van der Waals surface area contributed by atoms with Crippen LogP contribution >= 0.6 is 11.3 Å². The zero-order valence-corrected chi connectivity index (χ0v) is 15.9. The molecule has 8 heteroatoms. The molecule has 1 aliphatic rings. The molecular weight excluding hydrogens is 354 g/mol. The second-order valence-electron chi connectivity index (χ2n) is 6.52. The molecule has 3 rings (SSSR count). The third-order valence-corrected chi connectivity index (χ3v) is 5.57. The molecule has 1 amide bonds. The lowest BCUT2D eigenvalue weighted by Crippen LogP contribution is -2.40. The molecular formula is C18H23N3O4S. The first kappa shape index (κ1) is 18.7. The van der Waals surface area contributed by atoms with Gasteiger partial charge in [-0.15, -0.1) is 11.3 Å². The van der Waals surface area contributed by atoms with Crippen LogP contribution in [0, 0.1) is 0 Å². The summed E-state index contributed by atoms with van der Waals surface area (Å²) in [7, 11) is 1.64. The van der Waals surface area contributed by atoms with Crippen molar-refractivity contribution < 1.29 is 18.8 Å². The molecule has 0 radical (unpaired) electrons. The molecule has 3 heterocycles. The fraction of sp³-hybridized carbons (Fsp3) is 0.556. The Bertz CT molecular complexity index is 770. The fourth-order valence-corrected chi connectivity index (χ4v) is 3.89. The summed E-state index contributed by atoms with van der Waals surface area (Å²) in [5.74, 6) is 1.42. The molecule has 2 aromatic heterocycles. The van der Waals surface area contributed by atoms with E-state index in [-0.39, 0.29) is 17.6 Å². The number of carbonyl (C=O) groups excluding carboxylic acids is 2. The van der Waals surface area contributed by atoms with Crippen LogP contribution in [0.5, 0.6) is 0 Å². The Morgan fingerprint density at radius 3 is 3.04 bits per heavy atom. The van der Waals surface area contributed by atoms with E-state index >= 15 is 0 Å². The van der Waals surface area contributed by atoms with Crippen molar-refractivity contribution in [2.45, 2.75) is 38.5 Å². The number of piperidine rings is 1. The molecule has 0 bridgehead atoms. The largest absolute Gasteiger partial charge is 0.384 e. The van der Waals surface area contributed by atoms with Crippen molar-refractivity contribution in [1.82, 2.24) is 15.0 Å². The Morgan fingerprint density at radius 1 is 1.46 bits per heavy atom. The Kier molecular flexibility index (Phi) is 6.16. The van der Waals surface area contributed by atoms with E-state index < -0.39 is 0 Å². The highest BCUT2D eigenvalue weighted by Crippen LogP contribution is 2.26. The molecule has 0 aliphatic carbocycles. The SMILES string of the molecule is COCCc1noc(C2CCCN(C(=O)Cc3csc(C(C)=O)c3)C2)n1. The average Bonchev–Trinajstić information content (AvgIpc) is 3.29. The number of aromatic nitrogens is 2. The minimum Gasteiger partial charge on any atom is -0.384 e. The second kappa shape index (κ2) is 8.55. The van der Waals surface area contributed by atoms with Crippen LogP contribution in [-0.4, -0.2) is 53.5 Å². The maximum absolute atomic E-state index is 12.6. The smallest absolute Gasteiger partial charge is 0.231 e. The minimum absolute atomic E-state index is 0.0346. The number of ketones is 1. The standard InChI is InChI=1S/C18H23N3O4S/c1-12(22)15-8-13(11-26-15)9-17(23)21-6-3-4-14(10-21)18-19-16(20-25-18)5-7-24-2/h8,11,14H,3-7,9-10H2,1-2H3. The van der Waals surface area contributed by atoms with Crippen LogP contribution in [0.2, 0.25) is 0 Å². The van der Waals surface area contributed by atoms with Crippen LogP contribution < -0.4 is 0 Å².